The van der Waals surface area contributed by atoms with Gasteiger partial charge in [0, 0.05) is 29.2 Å². The van der Waals surface area contributed by atoms with Gasteiger partial charge in [0.1, 0.15) is 17.0 Å². The molecule has 12 heteroatoms. The molecule has 0 spiro atoms. The third kappa shape index (κ3) is 6.34. The molecule has 4 aromatic rings. The molecule has 5 N–H and O–H groups in total. The number of carbonyl (C=O) groups is 1. The van der Waals surface area contributed by atoms with Gasteiger partial charge in [0.15, 0.2) is 11.5 Å². The molecular weight excluding hydrogens is 551 g/mol. The number of carbonyl (C=O) groups excluding carboxylic acids is 1. The molecule has 0 bridgehead atoms. The van der Waals surface area contributed by atoms with Crippen molar-refractivity contribution in [2.75, 3.05) is 12.4 Å². The number of aliphatic hydroxyl groups is 1. The van der Waals surface area contributed by atoms with Crippen LogP contribution >= 0.6 is 0 Å². The summed E-state index contributed by atoms with van der Waals surface area (Å²) in [5.74, 6) is -0.200. The highest BCUT2D eigenvalue weighted by molar-refractivity contribution is 5.98. The number of nitrogens with one attached hydrogen (secondary N) is 2. The van der Waals surface area contributed by atoms with Gasteiger partial charge >= 0.3 is 6.18 Å². The average molecular weight is 584 g/mol. The summed E-state index contributed by atoms with van der Waals surface area (Å²) in [5.41, 5.74) is 7.13. The number of aliphatic hydroxyl groups excluding tert-OH is 1. The fourth-order valence-corrected chi connectivity index (χ4v) is 5.11. The number of alkyl halides is 3. The highest BCUT2D eigenvalue weighted by Crippen LogP contribution is 2.37. The summed E-state index contributed by atoms with van der Waals surface area (Å²) in [6, 6.07) is 12.5. The Hall–Kier alpha value is -4.16. The van der Waals surface area contributed by atoms with Gasteiger partial charge in [-0.15, -0.1) is 0 Å². The minimum Gasteiger partial charge on any atom is -0.494 e. The maximum Gasteiger partial charge on any atom is 0.433 e. The second kappa shape index (κ2) is 12.0. The Kier molecular flexibility index (Phi) is 8.37. The lowest BCUT2D eigenvalue weighted by atomic mass is 9.93. The molecule has 42 heavy (non-hydrogen) atoms. The lowest BCUT2D eigenvalue weighted by Crippen LogP contribution is -2.28. The first-order chi connectivity index (χ1) is 20.0. The molecule has 222 valence electrons. The summed E-state index contributed by atoms with van der Waals surface area (Å²) >= 11 is 0. The van der Waals surface area contributed by atoms with E-state index in [2.05, 4.69) is 20.6 Å². The van der Waals surface area contributed by atoms with Gasteiger partial charge in [-0.1, -0.05) is 12.1 Å². The number of fused-ring (bicyclic) bond motifs is 1. The van der Waals surface area contributed by atoms with Crippen molar-refractivity contribution in [2.24, 2.45) is 5.73 Å². The van der Waals surface area contributed by atoms with Crippen LogP contribution in [0.25, 0.3) is 22.4 Å². The van der Waals surface area contributed by atoms with Gasteiger partial charge < -0.3 is 30.6 Å². The van der Waals surface area contributed by atoms with Crippen LogP contribution in [0.4, 0.5) is 18.9 Å². The molecule has 2 heterocycles. The van der Waals surface area contributed by atoms with Gasteiger partial charge in [-0.3, -0.25) is 4.79 Å². The fraction of sp³-hybridized carbons (Fsp3) is 0.367. The summed E-state index contributed by atoms with van der Waals surface area (Å²) in [6.45, 7) is 1.86. The average Bonchev–Trinajstić information content (AvgIpc) is 3.42. The highest BCUT2D eigenvalue weighted by Gasteiger charge is 2.33. The van der Waals surface area contributed by atoms with E-state index in [4.69, 9.17) is 14.9 Å². The van der Waals surface area contributed by atoms with Crippen LogP contribution in [0.1, 0.15) is 66.2 Å². The Morgan fingerprint density at radius 1 is 1.14 bits per heavy atom. The van der Waals surface area contributed by atoms with Crippen molar-refractivity contribution in [3.05, 3.63) is 71.2 Å². The molecular formula is C30H32F3N5O4. The van der Waals surface area contributed by atoms with Crippen LogP contribution in [0.3, 0.4) is 0 Å². The van der Waals surface area contributed by atoms with E-state index in [0.29, 0.717) is 10.9 Å². The number of aromatic nitrogens is 2. The van der Waals surface area contributed by atoms with Gasteiger partial charge in [0.25, 0.3) is 5.91 Å². The molecule has 0 saturated heterocycles. The number of oxazole rings is 1. The molecule has 2 aromatic carbocycles. The molecule has 1 saturated carbocycles. The molecule has 0 aliphatic heterocycles. The molecule has 1 fully saturated rings. The van der Waals surface area contributed by atoms with Crippen molar-refractivity contribution in [3.63, 3.8) is 0 Å². The van der Waals surface area contributed by atoms with Crippen molar-refractivity contribution >= 4 is 22.5 Å². The van der Waals surface area contributed by atoms with Crippen molar-refractivity contribution in [3.8, 4) is 17.2 Å². The summed E-state index contributed by atoms with van der Waals surface area (Å²) in [4.78, 5) is 21.4. The standard InChI is InChI=1S/C30H32F3N5O4/c1-16(34)27-26(28(40)35-15-17-4-3-5-19(14-17)36-18-6-8-20(39)9-7-18)38-29(42-27)22-10-12-23(41-2)25-21(22)11-13-24(37-25)30(31,32)33/h3-5,10-14,16,18,20,36,39H,6-9,15,34H2,1-2H3,(H,35,40)/t16-,18-,20-/m0/s1. The first kappa shape index (κ1) is 29.3. The largest absolute Gasteiger partial charge is 0.494 e. The van der Waals surface area contributed by atoms with E-state index >= 15 is 0 Å². The van der Waals surface area contributed by atoms with Gasteiger partial charge in [0.2, 0.25) is 5.89 Å². The van der Waals surface area contributed by atoms with Gasteiger partial charge in [-0.2, -0.15) is 13.2 Å². The zero-order valence-corrected chi connectivity index (χ0v) is 23.2. The van der Waals surface area contributed by atoms with E-state index in [1.54, 1.807) is 13.0 Å². The van der Waals surface area contributed by atoms with E-state index in [9.17, 15) is 23.1 Å². The number of halogens is 3. The number of anilines is 1. The predicted molar refractivity (Wildman–Crippen MR) is 151 cm³/mol. The third-order valence-electron chi connectivity index (χ3n) is 7.29. The molecule has 5 rings (SSSR count). The van der Waals surface area contributed by atoms with Crippen molar-refractivity contribution < 1.29 is 32.2 Å². The van der Waals surface area contributed by atoms with Gasteiger partial charge in [0.05, 0.1) is 19.3 Å². The maximum absolute atomic E-state index is 13.3. The Morgan fingerprint density at radius 2 is 1.90 bits per heavy atom. The van der Waals surface area contributed by atoms with Crippen LogP contribution in [0, 0.1) is 0 Å². The highest BCUT2D eigenvalue weighted by atomic mass is 19.4. The van der Waals surface area contributed by atoms with Crippen molar-refractivity contribution in [1.29, 1.82) is 0 Å². The number of benzene rings is 2. The number of methoxy groups -OCH3 is 1. The summed E-state index contributed by atoms with van der Waals surface area (Å²) in [6.07, 6.45) is -1.55. The summed E-state index contributed by atoms with van der Waals surface area (Å²) in [7, 11) is 1.34. The smallest absolute Gasteiger partial charge is 0.433 e. The Balaban J connectivity index is 1.38. The number of nitrogens with two attached hydrogens (primary N) is 1. The molecule has 1 aliphatic carbocycles. The van der Waals surface area contributed by atoms with E-state index in [0.717, 1.165) is 43.0 Å². The Labute approximate surface area is 240 Å². The zero-order valence-electron chi connectivity index (χ0n) is 23.2. The van der Waals surface area contributed by atoms with E-state index in [1.165, 1.54) is 19.2 Å². The fourth-order valence-electron chi connectivity index (χ4n) is 5.11. The summed E-state index contributed by atoms with van der Waals surface area (Å²) in [5, 5.41) is 16.4. The Morgan fingerprint density at radius 3 is 2.60 bits per heavy atom. The topological polar surface area (TPSA) is 136 Å². The zero-order chi connectivity index (χ0) is 30.0. The minimum absolute atomic E-state index is 0.0149. The number of ether oxygens (including phenoxy) is 1. The maximum atomic E-state index is 13.3. The molecule has 0 unspecified atom stereocenters. The molecule has 1 atom stereocenters. The predicted octanol–water partition coefficient (Wildman–Crippen LogP) is 5.58. The number of rotatable bonds is 8. The van der Waals surface area contributed by atoms with Crippen LogP contribution in [0.5, 0.6) is 5.75 Å². The molecule has 9 nitrogen and oxygen atoms in total. The lowest BCUT2D eigenvalue weighted by Gasteiger charge is -2.27. The number of nitrogens with zero attached hydrogens (tertiary/aromatic N) is 2. The van der Waals surface area contributed by atoms with E-state index in [-0.39, 0.29) is 47.3 Å². The number of amides is 1. The SMILES string of the molecule is COc1ccc(-c2nc(C(=O)NCc3cccc(N[C@H]4CC[C@H](O)CC4)c3)c([C@H](C)N)o2)c2ccc(C(F)(F)F)nc12. The summed E-state index contributed by atoms with van der Waals surface area (Å²) < 4.78 is 51.2. The van der Waals surface area contributed by atoms with Crippen LogP contribution in [0.2, 0.25) is 0 Å². The number of hydrogen-bond donors (Lipinski definition) is 4. The normalized spacial score (nSPS) is 18.1. The molecule has 1 amide bonds. The molecule has 0 radical (unpaired) electrons. The Bertz CT molecular complexity index is 1580. The first-order valence-corrected chi connectivity index (χ1v) is 13.7. The number of pyridine rings is 1. The van der Waals surface area contributed by atoms with Crippen molar-refractivity contribution in [2.45, 2.75) is 63.5 Å². The number of hydrogen-bond acceptors (Lipinski definition) is 8. The van der Waals surface area contributed by atoms with Crippen LogP contribution in [-0.2, 0) is 12.7 Å². The monoisotopic (exact) mass is 583 g/mol. The van der Waals surface area contributed by atoms with Crippen LogP contribution in [0.15, 0.2) is 52.9 Å². The minimum atomic E-state index is -4.64. The second-order valence-corrected chi connectivity index (χ2v) is 10.5. The van der Waals surface area contributed by atoms with Gasteiger partial charge in [-0.25, -0.2) is 9.97 Å². The van der Waals surface area contributed by atoms with Crippen LogP contribution < -0.4 is 21.1 Å². The van der Waals surface area contributed by atoms with E-state index < -0.39 is 23.8 Å². The molecule has 2 aromatic heterocycles. The van der Waals surface area contributed by atoms with Gasteiger partial charge in [-0.05, 0) is 74.6 Å². The van der Waals surface area contributed by atoms with Crippen molar-refractivity contribution in [1.82, 2.24) is 15.3 Å². The van der Waals surface area contributed by atoms with Crippen LogP contribution in [-0.4, -0.2) is 40.2 Å². The quantitative estimate of drug-likeness (QED) is 0.211. The first-order valence-electron chi connectivity index (χ1n) is 13.7. The molecule has 1 aliphatic rings. The third-order valence-corrected chi connectivity index (χ3v) is 7.29. The lowest BCUT2D eigenvalue weighted by molar-refractivity contribution is -0.140. The second-order valence-electron chi connectivity index (χ2n) is 10.5. The van der Waals surface area contributed by atoms with E-state index in [1.807, 2.05) is 24.3 Å².